The lowest BCUT2D eigenvalue weighted by Crippen LogP contribution is -2.51. The number of rotatable bonds is 5. The average Bonchev–Trinajstić information content (AvgIpc) is 3.27. The van der Waals surface area contributed by atoms with E-state index in [-0.39, 0.29) is 11.9 Å². The van der Waals surface area contributed by atoms with Gasteiger partial charge in [-0.1, -0.05) is 0 Å². The second-order valence-electron chi connectivity index (χ2n) is 7.82. The SMILES string of the molecule is COc1cc(NC(=O)N2CCN(C(=O)c3cc4n(n3)CCCC4)CC2)cc(OC)c1OC. The van der Waals surface area contributed by atoms with Crippen LogP contribution in [-0.2, 0) is 13.0 Å². The fourth-order valence-corrected chi connectivity index (χ4v) is 4.15. The van der Waals surface area contributed by atoms with Crippen molar-refractivity contribution in [2.24, 2.45) is 0 Å². The number of aryl methyl sites for hydroxylation is 2. The van der Waals surface area contributed by atoms with Crippen molar-refractivity contribution in [3.8, 4) is 17.2 Å². The quantitative estimate of drug-likeness (QED) is 0.761. The number of piperazine rings is 1. The molecule has 0 radical (unpaired) electrons. The Kier molecular flexibility index (Phi) is 6.38. The van der Waals surface area contributed by atoms with E-state index >= 15 is 0 Å². The third-order valence-corrected chi connectivity index (χ3v) is 5.91. The summed E-state index contributed by atoms with van der Waals surface area (Å²) in [6, 6.07) is 5.02. The maximum absolute atomic E-state index is 12.9. The third-order valence-electron chi connectivity index (χ3n) is 5.91. The first kappa shape index (κ1) is 21.8. The molecular formula is C22H29N5O5. The van der Waals surface area contributed by atoms with Gasteiger partial charge in [0.15, 0.2) is 17.2 Å². The van der Waals surface area contributed by atoms with Crippen LogP contribution in [-0.4, -0.2) is 79.0 Å². The Balaban J connectivity index is 1.36. The third kappa shape index (κ3) is 4.30. The number of nitrogens with one attached hydrogen (secondary N) is 1. The Morgan fingerprint density at radius 3 is 2.12 bits per heavy atom. The lowest BCUT2D eigenvalue weighted by atomic mass is 10.1. The molecule has 0 spiro atoms. The molecule has 172 valence electrons. The van der Waals surface area contributed by atoms with Crippen LogP contribution in [0.2, 0.25) is 0 Å². The molecule has 3 heterocycles. The van der Waals surface area contributed by atoms with Crippen molar-refractivity contribution in [1.82, 2.24) is 19.6 Å². The number of benzene rings is 1. The summed E-state index contributed by atoms with van der Waals surface area (Å²) < 4.78 is 17.9. The van der Waals surface area contributed by atoms with E-state index in [1.54, 1.807) is 21.9 Å². The van der Waals surface area contributed by atoms with Gasteiger partial charge in [-0.2, -0.15) is 5.10 Å². The molecule has 3 amide bonds. The number of urea groups is 1. The van der Waals surface area contributed by atoms with Crippen molar-refractivity contribution in [2.75, 3.05) is 52.8 Å². The monoisotopic (exact) mass is 443 g/mol. The minimum absolute atomic E-state index is 0.0726. The van der Waals surface area contributed by atoms with E-state index in [0.717, 1.165) is 31.5 Å². The summed E-state index contributed by atoms with van der Waals surface area (Å²) in [6.07, 6.45) is 3.20. The Hall–Kier alpha value is -3.43. The van der Waals surface area contributed by atoms with Gasteiger partial charge in [-0.05, 0) is 25.3 Å². The summed E-state index contributed by atoms with van der Waals surface area (Å²) in [4.78, 5) is 29.1. The first-order valence-electron chi connectivity index (χ1n) is 10.8. The number of amides is 3. The molecule has 0 bridgehead atoms. The molecule has 2 aliphatic heterocycles. The molecule has 0 saturated carbocycles. The molecule has 1 saturated heterocycles. The zero-order valence-electron chi connectivity index (χ0n) is 18.7. The number of nitrogens with zero attached hydrogens (tertiary/aromatic N) is 4. The predicted octanol–water partition coefficient (Wildman–Crippen LogP) is 2.24. The van der Waals surface area contributed by atoms with Gasteiger partial charge < -0.3 is 29.3 Å². The lowest BCUT2D eigenvalue weighted by Gasteiger charge is -2.34. The first-order chi connectivity index (χ1) is 15.5. The summed E-state index contributed by atoms with van der Waals surface area (Å²) in [7, 11) is 4.57. The van der Waals surface area contributed by atoms with E-state index < -0.39 is 0 Å². The van der Waals surface area contributed by atoms with Crippen LogP contribution in [0.5, 0.6) is 17.2 Å². The molecule has 0 atom stereocenters. The van der Waals surface area contributed by atoms with E-state index in [1.807, 2.05) is 10.7 Å². The number of hydrogen-bond acceptors (Lipinski definition) is 6. The summed E-state index contributed by atoms with van der Waals surface area (Å²) >= 11 is 0. The maximum Gasteiger partial charge on any atom is 0.321 e. The minimum atomic E-state index is -0.246. The number of methoxy groups -OCH3 is 3. The maximum atomic E-state index is 12.9. The molecule has 2 aliphatic rings. The highest BCUT2D eigenvalue weighted by Crippen LogP contribution is 2.40. The van der Waals surface area contributed by atoms with Crippen molar-refractivity contribution >= 4 is 17.6 Å². The van der Waals surface area contributed by atoms with Crippen LogP contribution in [0.15, 0.2) is 18.2 Å². The van der Waals surface area contributed by atoms with Crippen molar-refractivity contribution in [3.63, 3.8) is 0 Å². The average molecular weight is 444 g/mol. The van der Waals surface area contributed by atoms with Crippen molar-refractivity contribution < 1.29 is 23.8 Å². The van der Waals surface area contributed by atoms with Gasteiger partial charge in [-0.15, -0.1) is 0 Å². The molecular weight excluding hydrogens is 414 g/mol. The van der Waals surface area contributed by atoms with Gasteiger partial charge in [0.1, 0.15) is 0 Å². The highest BCUT2D eigenvalue weighted by Gasteiger charge is 2.27. The number of anilines is 1. The number of carbonyl (C=O) groups is 2. The Morgan fingerprint density at radius 2 is 1.53 bits per heavy atom. The molecule has 1 fully saturated rings. The Labute approximate surface area is 187 Å². The summed E-state index contributed by atoms with van der Waals surface area (Å²) in [6.45, 7) is 2.68. The molecule has 0 aliphatic carbocycles. The van der Waals surface area contributed by atoms with Gasteiger partial charge in [0.05, 0.1) is 27.0 Å². The summed E-state index contributed by atoms with van der Waals surface area (Å²) in [5.74, 6) is 1.30. The summed E-state index contributed by atoms with van der Waals surface area (Å²) in [5, 5.41) is 7.35. The predicted molar refractivity (Wildman–Crippen MR) is 118 cm³/mol. The minimum Gasteiger partial charge on any atom is -0.493 e. The van der Waals surface area contributed by atoms with Gasteiger partial charge in [-0.25, -0.2) is 4.79 Å². The number of hydrogen-bond donors (Lipinski definition) is 1. The standard InChI is InChI=1S/C22H29N5O5/c1-30-18-12-15(13-19(31-2)20(18)32-3)23-22(29)26-10-8-25(9-11-26)21(28)17-14-16-6-4-5-7-27(16)24-17/h12-14H,4-11H2,1-3H3,(H,23,29). The smallest absolute Gasteiger partial charge is 0.321 e. The van der Waals surface area contributed by atoms with Gasteiger partial charge in [0.2, 0.25) is 5.75 Å². The Bertz CT molecular complexity index is 948. The molecule has 4 rings (SSSR count). The highest BCUT2D eigenvalue weighted by atomic mass is 16.5. The normalized spacial score (nSPS) is 15.7. The van der Waals surface area contributed by atoms with Crippen LogP contribution in [0.3, 0.4) is 0 Å². The van der Waals surface area contributed by atoms with Gasteiger partial charge in [-0.3, -0.25) is 9.48 Å². The van der Waals surface area contributed by atoms with Crippen LogP contribution in [0, 0.1) is 0 Å². The molecule has 1 aromatic carbocycles. The largest absolute Gasteiger partial charge is 0.493 e. The van der Waals surface area contributed by atoms with Crippen molar-refractivity contribution in [3.05, 3.63) is 29.6 Å². The fraction of sp³-hybridized carbons (Fsp3) is 0.500. The van der Waals surface area contributed by atoms with E-state index in [0.29, 0.717) is 54.8 Å². The van der Waals surface area contributed by atoms with Crippen LogP contribution in [0.1, 0.15) is 29.0 Å². The zero-order valence-corrected chi connectivity index (χ0v) is 18.7. The molecule has 10 heteroatoms. The topological polar surface area (TPSA) is 98.2 Å². The van der Waals surface area contributed by atoms with Gasteiger partial charge in [0.25, 0.3) is 5.91 Å². The molecule has 1 N–H and O–H groups in total. The van der Waals surface area contributed by atoms with Crippen LogP contribution in [0.4, 0.5) is 10.5 Å². The van der Waals surface area contributed by atoms with Gasteiger partial charge in [0, 0.05) is 50.6 Å². The van der Waals surface area contributed by atoms with Crippen molar-refractivity contribution in [2.45, 2.75) is 25.8 Å². The molecule has 0 unspecified atom stereocenters. The van der Waals surface area contributed by atoms with E-state index in [1.165, 1.54) is 21.3 Å². The highest BCUT2D eigenvalue weighted by molar-refractivity contribution is 5.93. The first-order valence-corrected chi connectivity index (χ1v) is 10.8. The number of fused-ring (bicyclic) bond motifs is 1. The zero-order chi connectivity index (χ0) is 22.7. The van der Waals surface area contributed by atoms with E-state index in [2.05, 4.69) is 10.4 Å². The van der Waals surface area contributed by atoms with Gasteiger partial charge >= 0.3 is 6.03 Å². The van der Waals surface area contributed by atoms with Crippen molar-refractivity contribution in [1.29, 1.82) is 0 Å². The second kappa shape index (κ2) is 9.37. The van der Waals surface area contributed by atoms with E-state index in [9.17, 15) is 9.59 Å². The molecule has 10 nitrogen and oxygen atoms in total. The summed E-state index contributed by atoms with van der Waals surface area (Å²) in [5.41, 5.74) is 2.16. The lowest BCUT2D eigenvalue weighted by molar-refractivity contribution is 0.0665. The second-order valence-corrected chi connectivity index (χ2v) is 7.82. The molecule has 32 heavy (non-hydrogen) atoms. The van der Waals surface area contributed by atoms with E-state index in [4.69, 9.17) is 14.2 Å². The number of aromatic nitrogens is 2. The van der Waals surface area contributed by atoms with Crippen LogP contribution >= 0.6 is 0 Å². The molecule has 2 aromatic rings. The molecule has 1 aromatic heterocycles. The van der Waals surface area contributed by atoms with Crippen LogP contribution < -0.4 is 19.5 Å². The fourth-order valence-electron chi connectivity index (χ4n) is 4.15. The van der Waals surface area contributed by atoms with Crippen LogP contribution in [0.25, 0.3) is 0 Å². The Morgan fingerprint density at radius 1 is 0.875 bits per heavy atom. The number of ether oxygens (including phenoxy) is 3. The number of carbonyl (C=O) groups excluding carboxylic acids is 2.